The van der Waals surface area contributed by atoms with Crippen molar-refractivity contribution >= 4 is 43.8 Å². The van der Waals surface area contributed by atoms with Gasteiger partial charge in [-0.1, -0.05) is 31.9 Å². The van der Waals surface area contributed by atoms with Gasteiger partial charge < -0.3 is 5.11 Å². The van der Waals surface area contributed by atoms with Crippen molar-refractivity contribution in [1.29, 1.82) is 0 Å². The van der Waals surface area contributed by atoms with Gasteiger partial charge in [-0.15, -0.1) is 0 Å². The van der Waals surface area contributed by atoms with Crippen LogP contribution in [0, 0.1) is 0 Å². The van der Waals surface area contributed by atoms with Gasteiger partial charge in [0.15, 0.2) is 0 Å². The Bertz CT molecular complexity index is 550. The molecule has 0 heterocycles. The van der Waals surface area contributed by atoms with Gasteiger partial charge in [0.05, 0.1) is 5.69 Å². The second-order valence-corrected chi connectivity index (χ2v) is 5.27. The van der Waals surface area contributed by atoms with E-state index in [4.69, 9.17) is 0 Å². The fourth-order valence-electron chi connectivity index (χ4n) is 1.30. The summed E-state index contributed by atoms with van der Waals surface area (Å²) < 4.78 is 1.86. The summed E-state index contributed by atoms with van der Waals surface area (Å²) in [5.41, 5.74) is 1.53. The quantitative estimate of drug-likeness (QED) is 0.781. The van der Waals surface area contributed by atoms with Gasteiger partial charge in [-0.2, -0.15) is 0 Å². The standard InChI is InChI=1S/C13H9Br2NO/c14-10-3-5-12(6-4-10)16-8-9-1-2-11(15)7-13(9)17/h1-8,17H. The lowest BCUT2D eigenvalue weighted by Crippen LogP contribution is -1.81. The van der Waals surface area contributed by atoms with E-state index in [-0.39, 0.29) is 5.75 Å². The van der Waals surface area contributed by atoms with Crippen LogP contribution in [0.15, 0.2) is 56.4 Å². The topological polar surface area (TPSA) is 32.6 Å². The van der Waals surface area contributed by atoms with Crippen molar-refractivity contribution in [3.8, 4) is 5.75 Å². The lowest BCUT2D eigenvalue weighted by Gasteiger charge is -1.99. The summed E-state index contributed by atoms with van der Waals surface area (Å²) in [7, 11) is 0. The molecule has 0 saturated carbocycles. The highest BCUT2D eigenvalue weighted by Gasteiger charge is 1.98. The molecule has 86 valence electrons. The number of aliphatic imine (C=N–C) groups is 1. The maximum Gasteiger partial charge on any atom is 0.125 e. The molecule has 2 nitrogen and oxygen atoms in total. The van der Waals surface area contributed by atoms with Gasteiger partial charge >= 0.3 is 0 Å². The van der Waals surface area contributed by atoms with Crippen molar-refractivity contribution in [1.82, 2.24) is 0 Å². The zero-order chi connectivity index (χ0) is 12.3. The van der Waals surface area contributed by atoms with Crippen molar-refractivity contribution < 1.29 is 5.11 Å². The van der Waals surface area contributed by atoms with Crippen LogP contribution < -0.4 is 0 Å². The van der Waals surface area contributed by atoms with Crippen LogP contribution in [0.2, 0.25) is 0 Å². The third-order valence-electron chi connectivity index (χ3n) is 2.17. The summed E-state index contributed by atoms with van der Waals surface area (Å²) >= 11 is 6.65. The number of hydrogen-bond acceptors (Lipinski definition) is 2. The van der Waals surface area contributed by atoms with E-state index < -0.39 is 0 Å². The molecule has 0 aliphatic heterocycles. The molecule has 0 aromatic heterocycles. The SMILES string of the molecule is Oc1cc(Br)ccc1C=Nc1ccc(Br)cc1. The summed E-state index contributed by atoms with van der Waals surface area (Å²) in [4.78, 5) is 4.29. The first-order valence-corrected chi connectivity index (χ1v) is 6.52. The number of hydrogen-bond donors (Lipinski definition) is 1. The van der Waals surface area contributed by atoms with Gasteiger partial charge in [-0.05, 0) is 42.5 Å². The number of nitrogens with zero attached hydrogens (tertiary/aromatic N) is 1. The van der Waals surface area contributed by atoms with E-state index >= 15 is 0 Å². The molecule has 17 heavy (non-hydrogen) atoms. The summed E-state index contributed by atoms with van der Waals surface area (Å²) in [6.45, 7) is 0. The fourth-order valence-corrected chi connectivity index (χ4v) is 1.91. The van der Waals surface area contributed by atoms with Crippen LogP contribution in [-0.4, -0.2) is 11.3 Å². The number of rotatable bonds is 2. The molecule has 0 spiro atoms. The zero-order valence-corrected chi connectivity index (χ0v) is 11.9. The number of phenolic OH excluding ortho intramolecular Hbond substituents is 1. The number of aromatic hydroxyl groups is 1. The predicted molar refractivity (Wildman–Crippen MR) is 77.2 cm³/mol. The smallest absolute Gasteiger partial charge is 0.125 e. The van der Waals surface area contributed by atoms with Gasteiger partial charge in [0.25, 0.3) is 0 Å². The largest absolute Gasteiger partial charge is 0.507 e. The third-order valence-corrected chi connectivity index (χ3v) is 3.19. The minimum Gasteiger partial charge on any atom is -0.507 e. The van der Waals surface area contributed by atoms with Gasteiger partial charge in [-0.25, -0.2) is 0 Å². The van der Waals surface area contributed by atoms with Crippen molar-refractivity contribution in [2.45, 2.75) is 0 Å². The van der Waals surface area contributed by atoms with Crippen LogP contribution in [0.25, 0.3) is 0 Å². The molecular formula is C13H9Br2NO. The van der Waals surface area contributed by atoms with Crippen molar-refractivity contribution in [3.05, 3.63) is 57.0 Å². The Hall–Kier alpha value is -1.13. The Kier molecular flexibility index (Phi) is 3.97. The van der Waals surface area contributed by atoms with Crippen LogP contribution in [0.5, 0.6) is 5.75 Å². The molecule has 2 rings (SSSR count). The maximum atomic E-state index is 9.68. The van der Waals surface area contributed by atoms with Gasteiger partial charge in [0.1, 0.15) is 5.75 Å². The van der Waals surface area contributed by atoms with E-state index in [0.29, 0.717) is 5.56 Å². The number of halogens is 2. The molecule has 0 saturated heterocycles. The molecule has 2 aromatic rings. The molecule has 0 unspecified atom stereocenters. The molecule has 0 aliphatic rings. The molecule has 1 N–H and O–H groups in total. The first-order valence-electron chi connectivity index (χ1n) is 4.93. The second kappa shape index (κ2) is 5.47. The Labute approximate surface area is 116 Å². The van der Waals surface area contributed by atoms with Crippen LogP contribution in [0.4, 0.5) is 5.69 Å². The molecule has 0 aliphatic carbocycles. The van der Waals surface area contributed by atoms with Gasteiger partial charge in [-0.3, -0.25) is 4.99 Å². The lowest BCUT2D eigenvalue weighted by molar-refractivity contribution is 0.474. The van der Waals surface area contributed by atoms with Crippen LogP contribution in [-0.2, 0) is 0 Å². The fraction of sp³-hybridized carbons (Fsp3) is 0. The highest BCUT2D eigenvalue weighted by atomic mass is 79.9. The molecule has 0 fully saturated rings. The molecule has 2 aromatic carbocycles. The molecule has 0 atom stereocenters. The minimum absolute atomic E-state index is 0.209. The summed E-state index contributed by atoms with van der Waals surface area (Å²) in [5.74, 6) is 0.209. The first-order chi connectivity index (χ1) is 8.15. The Morgan fingerprint density at radius 3 is 2.24 bits per heavy atom. The van der Waals surface area contributed by atoms with E-state index in [9.17, 15) is 5.11 Å². The highest BCUT2D eigenvalue weighted by molar-refractivity contribution is 9.10. The van der Waals surface area contributed by atoms with Crippen molar-refractivity contribution in [2.24, 2.45) is 4.99 Å². The van der Waals surface area contributed by atoms with Crippen molar-refractivity contribution in [3.63, 3.8) is 0 Å². The van der Waals surface area contributed by atoms with Gasteiger partial charge in [0.2, 0.25) is 0 Å². The Morgan fingerprint density at radius 1 is 0.941 bits per heavy atom. The van der Waals surface area contributed by atoms with E-state index in [1.807, 2.05) is 36.4 Å². The van der Waals surface area contributed by atoms with E-state index in [1.54, 1.807) is 12.3 Å². The number of benzene rings is 2. The van der Waals surface area contributed by atoms with E-state index in [0.717, 1.165) is 14.6 Å². The molecule has 0 amide bonds. The monoisotopic (exact) mass is 353 g/mol. The van der Waals surface area contributed by atoms with Crippen molar-refractivity contribution in [2.75, 3.05) is 0 Å². The summed E-state index contributed by atoms with van der Waals surface area (Å²) in [6, 6.07) is 13.0. The average Bonchev–Trinajstić information content (AvgIpc) is 2.30. The number of phenols is 1. The maximum absolute atomic E-state index is 9.68. The van der Waals surface area contributed by atoms with Gasteiger partial charge in [0, 0.05) is 20.7 Å². The first kappa shape index (κ1) is 12.3. The van der Waals surface area contributed by atoms with E-state index in [2.05, 4.69) is 36.9 Å². The molecule has 4 heteroatoms. The summed E-state index contributed by atoms with van der Waals surface area (Å²) in [6.07, 6.45) is 1.64. The Morgan fingerprint density at radius 2 is 1.59 bits per heavy atom. The lowest BCUT2D eigenvalue weighted by atomic mass is 10.2. The average molecular weight is 355 g/mol. The van der Waals surface area contributed by atoms with Crippen LogP contribution >= 0.6 is 31.9 Å². The highest BCUT2D eigenvalue weighted by Crippen LogP contribution is 2.22. The Balaban J connectivity index is 2.23. The molecular weight excluding hydrogens is 346 g/mol. The van der Waals surface area contributed by atoms with Crippen LogP contribution in [0.1, 0.15) is 5.56 Å². The van der Waals surface area contributed by atoms with E-state index in [1.165, 1.54) is 0 Å². The molecule has 0 bridgehead atoms. The molecule has 0 radical (unpaired) electrons. The third kappa shape index (κ3) is 3.41. The minimum atomic E-state index is 0.209. The zero-order valence-electron chi connectivity index (χ0n) is 8.77. The predicted octanol–water partition coefficient (Wildman–Crippen LogP) is 4.67. The summed E-state index contributed by atoms with van der Waals surface area (Å²) in [5, 5.41) is 9.68. The normalized spacial score (nSPS) is 10.9. The van der Waals surface area contributed by atoms with Crippen LogP contribution in [0.3, 0.4) is 0 Å². The second-order valence-electron chi connectivity index (χ2n) is 3.44.